The highest BCUT2D eigenvalue weighted by atomic mass is 19.1. The summed E-state index contributed by atoms with van der Waals surface area (Å²) in [6.45, 7) is 8.04. The van der Waals surface area contributed by atoms with E-state index in [2.05, 4.69) is 36.3 Å². The Morgan fingerprint density at radius 2 is 2.05 bits per heavy atom. The minimum absolute atomic E-state index is 0.0635. The Morgan fingerprint density at radius 3 is 2.68 bits per heavy atom. The number of nitrogens with one attached hydrogen (secondary N) is 2. The van der Waals surface area contributed by atoms with Gasteiger partial charge in [-0.2, -0.15) is 5.10 Å². The van der Waals surface area contributed by atoms with Gasteiger partial charge in [-0.15, -0.1) is 0 Å². The lowest BCUT2D eigenvalue weighted by Crippen LogP contribution is -2.25. The van der Waals surface area contributed by atoms with Crippen molar-refractivity contribution in [2.24, 2.45) is 0 Å². The molecule has 1 atom stereocenters. The second kappa shape index (κ2) is 4.93. The molecule has 3 rings (SSSR count). The Morgan fingerprint density at radius 1 is 1.32 bits per heavy atom. The smallest absolute Gasteiger partial charge is 0.226 e. The zero-order chi connectivity index (χ0) is 16.1. The van der Waals surface area contributed by atoms with E-state index in [0.717, 1.165) is 16.8 Å². The minimum atomic E-state index is -0.229. The van der Waals surface area contributed by atoms with E-state index in [1.807, 2.05) is 6.07 Å². The highest BCUT2D eigenvalue weighted by molar-refractivity contribution is 5.94. The monoisotopic (exact) mass is 301 g/mol. The molecule has 1 aliphatic rings. The first kappa shape index (κ1) is 14.8. The number of hydrogen-bond donors (Lipinski definition) is 2. The second-order valence-corrected chi connectivity index (χ2v) is 6.92. The first-order valence-electron chi connectivity index (χ1n) is 7.42. The third-order valence-corrected chi connectivity index (χ3v) is 4.13. The molecule has 22 heavy (non-hydrogen) atoms. The Bertz CT molecular complexity index is 743. The topological polar surface area (TPSA) is 57.8 Å². The number of hydrogen-bond acceptors (Lipinski definition) is 2. The fourth-order valence-corrected chi connectivity index (χ4v) is 3.00. The first-order valence-corrected chi connectivity index (χ1v) is 7.42. The zero-order valence-corrected chi connectivity index (χ0v) is 13.2. The van der Waals surface area contributed by atoms with Crippen LogP contribution in [0.1, 0.15) is 55.5 Å². The lowest BCUT2D eigenvalue weighted by molar-refractivity contribution is -0.116. The lowest BCUT2D eigenvalue weighted by atomic mass is 9.79. The van der Waals surface area contributed by atoms with Gasteiger partial charge in [0.1, 0.15) is 5.82 Å². The van der Waals surface area contributed by atoms with E-state index in [9.17, 15) is 9.18 Å². The Balaban J connectivity index is 2.16. The molecule has 4 nitrogen and oxygen atoms in total. The number of benzene rings is 1. The molecule has 0 spiro atoms. The molecule has 0 bridgehead atoms. The number of carbonyl (C=O) groups excluding carboxylic acids is 1. The summed E-state index contributed by atoms with van der Waals surface area (Å²) in [5.41, 5.74) is 3.44. The van der Waals surface area contributed by atoms with Crippen molar-refractivity contribution >= 4 is 11.7 Å². The van der Waals surface area contributed by atoms with Gasteiger partial charge >= 0.3 is 0 Å². The van der Waals surface area contributed by atoms with Crippen LogP contribution in [0.2, 0.25) is 0 Å². The van der Waals surface area contributed by atoms with Gasteiger partial charge in [-0.05, 0) is 24.1 Å². The van der Waals surface area contributed by atoms with Crippen LogP contribution in [0.25, 0.3) is 0 Å². The van der Waals surface area contributed by atoms with Gasteiger partial charge in [0.2, 0.25) is 5.91 Å². The predicted molar refractivity (Wildman–Crippen MR) is 83.5 cm³/mol. The summed E-state index contributed by atoms with van der Waals surface area (Å²) in [5.74, 6) is 0.197. The number of H-pyrrole nitrogens is 1. The largest absolute Gasteiger partial charge is 0.309 e. The summed E-state index contributed by atoms with van der Waals surface area (Å²) in [7, 11) is 0. The second-order valence-electron chi connectivity index (χ2n) is 6.92. The van der Waals surface area contributed by atoms with Gasteiger partial charge in [-0.1, -0.05) is 32.9 Å². The van der Waals surface area contributed by atoms with Crippen molar-refractivity contribution in [1.29, 1.82) is 0 Å². The van der Waals surface area contributed by atoms with Gasteiger partial charge in [0, 0.05) is 29.0 Å². The van der Waals surface area contributed by atoms with E-state index in [1.54, 1.807) is 13.0 Å². The Kier molecular flexibility index (Phi) is 3.31. The normalized spacial score (nSPS) is 18.0. The molecule has 0 saturated carbocycles. The number of amides is 1. The summed E-state index contributed by atoms with van der Waals surface area (Å²) < 4.78 is 13.5. The van der Waals surface area contributed by atoms with Crippen LogP contribution in [0.15, 0.2) is 18.2 Å². The molecule has 5 heteroatoms. The van der Waals surface area contributed by atoms with Gasteiger partial charge in [0.25, 0.3) is 0 Å². The summed E-state index contributed by atoms with van der Waals surface area (Å²) in [4.78, 5) is 12.0. The number of aromatic nitrogens is 2. The molecular weight excluding hydrogens is 281 g/mol. The summed E-state index contributed by atoms with van der Waals surface area (Å²) in [5, 5.41) is 10.1. The third-order valence-electron chi connectivity index (χ3n) is 4.13. The van der Waals surface area contributed by atoms with Crippen LogP contribution in [-0.4, -0.2) is 16.1 Å². The highest BCUT2D eigenvalue weighted by Crippen LogP contribution is 2.41. The number of fused-ring (bicyclic) bond motifs is 1. The number of rotatable bonds is 1. The van der Waals surface area contributed by atoms with Gasteiger partial charge in [0.15, 0.2) is 5.82 Å². The molecule has 0 fully saturated rings. The number of aromatic amines is 1. The van der Waals surface area contributed by atoms with Crippen LogP contribution in [0, 0.1) is 12.7 Å². The molecule has 1 aromatic carbocycles. The number of halogens is 1. The SMILES string of the molecule is Cc1cc(C2CC(=O)Nc3n[nH]c(C(C)(C)C)c32)ccc1F. The average Bonchev–Trinajstić information content (AvgIpc) is 2.84. The first-order chi connectivity index (χ1) is 10.3. The number of anilines is 1. The maximum Gasteiger partial charge on any atom is 0.226 e. The molecule has 1 unspecified atom stereocenters. The molecule has 0 radical (unpaired) electrons. The van der Waals surface area contributed by atoms with E-state index >= 15 is 0 Å². The quantitative estimate of drug-likeness (QED) is 0.845. The van der Waals surface area contributed by atoms with Crippen LogP contribution >= 0.6 is 0 Å². The molecule has 2 aromatic rings. The van der Waals surface area contributed by atoms with E-state index < -0.39 is 0 Å². The highest BCUT2D eigenvalue weighted by Gasteiger charge is 2.35. The van der Waals surface area contributed by atoms with Gasteiger partial charge in [-0.3, -0.25) is 9.89 Å². The van der Waals surface area contributed by atoms with Crippen molar-refractivity contribution in [2.75, 3.05) is 5.32 Å². The van der Waals surface area contributed by atoms with E-state index in [0.29, 0.717) is 17.8 Å². The number of aryl methyl sites for hydroxylation is 1. The standard InChI is InChI=1S/C17H20FN3O/c1-9-7-10(5-6-12(9)18)11-8-13(22)19-16-14(11)15(20-21-16)17(2,3)4/h5-7,11H,8H2,1-4H3,(H2,19,20,21,22). The predicted octanol–water partition coefficient (Wildman–Crippen LogP) is 3.63. The summed E-state index contributed by atoms with van der Waals surface area (Å²) in [6.07, 6.45) is 0.348. The van der Waals surface area contributed by atoms with Crippen molar-refractivity contribution in [1.82, 2.24) is 10.2 Å². The van der Waals surface area contributed by atoms with Gasteiger partial charge in [-0.25, -0.2) is 4.39 Å². The van der Waals surface area contributed by atoms with Crippen molar-refractivity contribution in [2.45, 2.75) is 45.4 Å². The molecule has 2 heterocycles. The zero-order valence-electron chi connectivity index (χ0n) is 13.2. The fraction of sp³-hybridized carbons (Fsp3) is 0.412. The van der Waals surface area contributed by atoms with Crippen molar-refractivity contribution in [3.8, 4) is 0 Å². The Hall–Kier alpha value is -2.17. The van der Waals surface area contributed by atoms with E-state index in [1.165, 1.54) is 6.07 Å². The summed E-state index contributed by atoms with van der Waals surface area (Å²) in [6, 6.07) is 5.05. The molecule has 116 valence electrons. The average molecular weight is 301 g/mol. The molecular formula is C17H20FN3O. The van der Waals surface area contributed by atoms with Gasteiger partial charge < -0.3 is 5.32 Å². The minimum Gasteiger partial charge on any atom is -0.309 e. The van der Waals surface area contributed by atoms with Crippen LogP contribution < -0.4 is 5.32 Å². The molecule has 1 aliphatic heterocycles. The van der Waals surface area contributed by atoms with Crippen molar-refractivity contribution in [3.63, 3.8) is 0 Å². The Labute approximate surface area is 129 Å². The van der Waals surface area contributed by atoms with Crippen LogP contribution in [0.5, 0.6) is 0 Å². The maximum absolute atomic E-state index is 13.5. The number of nitrogens with zero attached hydrogens (tertiary/aromatic N) is 1. The van der Waals surface area contributed by atoms with Crippen LogP contribution in [0.3, 0.4) is 0 Å². The van der Waals surface area contributed by atoms with Gasteiger partial charge in [0.05, 0.1) is 0 Å². The van der Waals surface area contributed by atoms with E-state index in [-0.39, 0.29) is 23.1 Å². The molecule has 2 N–H and O–H groups in total. The molecule has 1 amide bonds. The fourth-order valence-electron chi connectivity index (χ4n) is 3.00. The van der Waals surface area contributed by atoms with Crippen LogP contribution in [0.4, 0.5) is 10.2 Å². The molecule has 0 saturated heterocycles. The number of carbonyl (C=O) groups is 1. The van der Waals surface area contributed by atoms with Crippen molar-refractivity contribution in [3.05, 3.63) is 46.4 Å². The molecule has 0 aliphatic carbocycles. The maximum atomic E-state index is 13.5. The molecule has 1 aromatic heterocycles. The lowest BCUT2D eigenvalue weighted by Gasteiger charge is -2.27. The third kappa shape index (κ3) is 2.40. The van der Waals surface area contributed by atoms with Crippen LogP contribution in [-0.2, 0) is 10.2 Å². The van der Waals surface area contributed by atoms with E-state index in [4.69, 9.17) is 0 Å². The van der Waals surface area contributed by atoms with Crippen molar-refractivity contribution < 1.29 is 9.18 Å². The summed E-state index contributed by atoms with van der Waals surface area (Å²) >= 11 is 0.